The van der Waals surface area contributed by atoms with Crippen molar-refractivity contribution < 1.29 is 0 Å². The Morgan fingerprint density at radius 2 is 0.761 bits per heavy atom. The fourth-order valence-electron chi connectivity index (χ4n) is 9.58. The fourth-order valence-corrected chi connectivity index (χ4v) is 9.58. The molecule has 0 aliphatic carbocycles. The Hall–Kier alpha value is -8.70. The van der Waals surface area contributed by atoms with Crippen LogP contribution in [0.5, 0.6) is 0 Å². The van der Waals surface area contributed by atoms with Crippen LogP contribution in [0, 0.1) is 0 Å². The van der Waals surface area contributed by atoms with Crippen LogP contribution in [0.2, 0.25) is 0 Å². The molecule has 10 aromatic rings. The van der Waals surface area contributed by atoms with Crippen LogP contribution < -0.4 is 5.43 Å². The summed E-state index contributed by atoms with van der Waals surface area (Å²) < 4.78 is 0. The van der Waals surface area contributed by atoms with Gasteiger partial charge >= 0.3 is 0 Å². The van der Waals surface area contributed by atoms with Gasteiger partial charge in [0.15, 0.2) is 5.82 Å². The molecule has 0 saturated carbocycles. The van der Waals surface area contributed by atoms with Gasteiger partial charge in [-0.25, -0.2) is 15.4 Å². The van der Waals surface area contributed by atoms with Crippen molar-refractivity contribution in [2.24, 2.45) is 0 Å². The number of aromatic nitrogens is 2. The molecule has 12 rings (SSSR count). The highest BCUT2D eigenvalue weighted by Gasteiger charge is 2.39. The normalized spacial score (nSPS) is 14.1. The second-order valence-electron chi connectivity index (χ2n) is 17.0. The quantitative estimate of drug-likeness (QED) is 0.157. The van der Waals surface area contributed by atoms with E-state index in [4.69, 9.17) is 9.97 Å². The summed E-state index contributed by atoms with van der Waals surface area (Å²) >= 11 is 0. The van der Waals surface area contributed by atoms with Gasteiger partial charge in [-0.2, -0.15) is 0 Å². The summed E-state index contributed by atoms with van der Waals surface area (Å²) in [5.74, 6) is 0.685. The Labute approximate surface area is 391 Å². The Morgan fingerprint density at radius 1 is 0.343 bits per heavy atom. The molecule has 67 heavy (non-hydrogen) atoms. The van der Waals surface area contributed by atoms with Crippen molar-refractivity contribution in [1.29, 1.82) is 0 Å². The molecule has 4 heteroatoms. The molecule has 316 valence electrons. The predicted octanol–water partition coefficient (Wildman–Crippen LogP) is 15.4. The summed E-state index contributed by atoms with van der Waals surface area (Å²) in [6, 6.07) is 88.2. The standard InChI is InChI=1S/C63H44N4/c1-6-17-43(18-7-1)45-29-35-48(36-30-45)57-42-58(65-63(64-57)53-39-31-46(32-40-53)44-19-8-2-9-20-44)49-37-33-47(34-38-49)54-27-16-28-55-56(54)41-59(50-21-10-3-11-22-50)67-62(55)60(51-23-12-4-13-24-51)61(66-67)52-25-14-5-15-26-52/h1-42,61,66H. The Balaban J connectivity index is 0.966. The summed E-state index contributed by atoms with van der Waals surface area (Å²) in [6.45, 7) is 0. The third-order valence-corrected chi connectivity index (χ3v) is 13.0. The zero-order valence-corrected chi connectivity index (χ0v) is 36.7. The molecule has 1 aromatic heterocycles. The first-order valence-electron chi connectivity index (χ1n) is 22.8. The minimum atomic E-state index is -0.0501. The number of fused-ring (bicyclic) bond motifs is 3. The highest BCUT2D eigenvalue weighted by molar-refractivity contribution is 6.06. The van der Waals surface area contributed by atoms with Gasteiger partial charge in [0.05, 0.1) is 28.8 Å². The van der Waals surface area contributed by atoms with Crippen molar-refractivity contribution >= 4 is 23.0 Å². The van der Waals surface area contributed by atoms with Crippen molar-refractivity contribution in [3.63, 3.8) is 0 Å². The van der Waals surface area contributed by atoms with Crippen molar-refractivity contribution in [3.8, 4) is 67.3 Å². The zero-order valence-electron chi connectivity index (χ0n) is 36.7. The molecule has 0 amide bonds. The maximum atomic E-state index is 5.25. The van der Waals surface area contributed by atoms with Gasteiger partial charge in [-0.3, -0.25) is 5.01 Å². The summed E-state index contributed by atoms with van der Waals surface area (Å²) in [6.07, 6.45) is 2.36. The van der Waals surface area contributed by atoms with E-state index in [0.29, 0.717) is 5.82 Å². The van der Waals surface area contributed by atoms with E-state index in [-0.39, 0.29) is 6.04 Å². The lowest BCUT2D eigenvalue weighted by Crippen LogP contribution is -2.33. The van der Waals surface area contributed by atoms with Gasteiger partial charge in [-0.15, -0.1) is 0 Å². The molecule has 2 aliphatic rings. The van der Waals surface area contributed by atoms with Gasteiger partial charge in [0, 0.05) is 27.8 Å². The summed E-state index contributed by atoms with van der Waals surface area (Å²) in [5, 5.41) is 2.32. The highest BCUT2D eigenvalue weighted by atomic mass is 15.6. The molecule has 0 bridgehead atoms. The molecule has 4 nitrogen and oxygen atoms in total. The van der Waals surface area contributed by atoms with Crippen LogP contribution >= 0.6 is 0 Å². The van der Waals surface area contributed by atoms with Crippen LogP contribution in [-0.2, 0) is 0 Å². The molecule has 0 fully saturated rings. The summed E-state index contributed by atoms with van der Waals surface area (Å²) in [7, 11) is 0. The molecule has 0 saturated heterocycles. The average molecular weight is 857 g/mol. The first kappa shape index (κ1) is 39.9. The number of hydrazine groups is 1. The van der Waals surface area contributed by atoms with Crippen molar-refractivity contribution in [2.75, 3.05) is 0 Å². The second-order valence-corrected chi connectivity index (χ2v) is 17.0. The van der Waals surface area contributed by atoms with Crippen molar-refractivity contribution in [3.05, 3.63) is 277 Å². The number of benzene rings is 9. The van der Waals surface area contributed by atoms with Crippen molar-refractivity contribution in [1.82, 2.24) is 20.4 Å². The van der Waals surface area contributed by atoms with Crippen LogP contribution in [-0.4, -0.2) is 15.0 Å². The van der Waals surface area contributed by atoms with E-state index in [1.54, 1.807) is 0 Å². The summed E-state index contributed by atoms with van der Waals surface area (Å²) in [5.41, 5.74) is 25.2. The van der Waals surface area contributed by atoms with Crippen LogP contribution in [0.15, 0.2) is 249 Å². The number of hydrogen-bond donors (Lipinski definition) is 1. The van der Waals surface area contributed by atoms with E-state index in [1.807, 2.05) is 12.1 Å². The van der Waals surface area contributed by atoms with E-state index in [9.17, 15) is 0 Å². The molecule has 1 unspecified atom stereocenters. The lowest BCUT2D eigenvalue weighted by Gasteiger charge is -2.32. The van der Waals surface area contributed by atoms with E-state index in [0.717, 1.165) is 50.5 Å². The molecule has 0 spiro atoms. The van der Waals surface area contributed by atoms with E-state index < -0.39 is 0 Å². The van der Waals surface area contributed by atoms with Gasteiger partial charge in [-0.1, -0.05) is 243 Å². The third-order valence-electron chi connectivity index (χ3n) is 13.0. The SMILES string of the molecule is C1=C(c2ccccc2)N2NC(c3ccccc3)C(c3ccccc3)=C2c2cccc(-c3ccc(-c4cc(-c5ccc(-c6ccccc6)cc5)nc(-c5ccc(-c6ccccc6)cc5)n4)cc3)c21. The summed E-state index contributed by atoms with van der Waals surface area (Å²) in [4.78, 5) is 10.4. The number of nitrogens with zero attached hydrogens (tertiary/aromatic N) is 3. The van der Waals surface area contributed by atoms with Gasteiger partial charge in [0.2, 0.25) is 0 Å². The highest BCUT2D eigenvalue weighted by Crippen LogP contribution is 2.51. The van der Waals surface area contributed by atoms with Crippen molar-refractivity contribution in [2.45, 2.75) is 6.04 Å². The van der Waals surface area contributed by atoms with Gasteiger partial charge in [0.1, 0.15) is 0 Å². The predicted molar refractivity (Wildman–Crippen MR) is 276 cm³/mol. The minimum absolute atomic E-state index is 0.0501. The zero-order chi connectivity index (χ0) is 44.5. The van der Waals surface area contributed by atoms with Crippen LogP contribution in [0.1, 0.15) is 33.9 Å². The molecule has 2 aliphatic heterocycles. The number of rotatable bonds is 9. The first-order chi connectivity index (χ1) is 33.2. The maximum absolute atomic E-state index is 5.25. The Bertz CT molecular complexity index is 3320. The van der Waals surface area contributed by atoms with Gasteiger partial charge in [-0.05, 0) is 67.8 Å². The largest absolute Gasteiger partial charge is 0.274 e. The molecular weight excluding hydrogens is 813 g/mol. The monoisotopic (exact) mass is 856 g/mol. The van der Waals surface area contributed by atoms with Gasteiger partial charge in [0.25, 0.3) is 0 Å². The minimum Gasteiger partial charge on any atom is -0.274 e. The molecule has 0 radical (unpaired) electrons. The fraction of sp³-hybridized carbons (Fsp3) is 0.0159. The maximum Gasteiger partial charge on any atom is 0.160 e. The van der Waals surface area contributed by atoms with E-state index in [1.165, 1.54) is 55.8 Å². The molecule has 1 atom stereocenters. The lowest BCUT2D eigenvalue weighted by molar-refractivity contribution is 0.405. The number of hydrogen-bond acceptors (Lipinski definition) is 4. The Morgan fingerprint density at radius 3 is 1.30 bits per heavy atom. The van der Waals surface area contributed by atoms with Crippen LogP contribution in [0.3, 0.4) is 0 Å². The third kappa shape index (κ3) is 7.65. The molecule has 3 heterocycles. The van der Waals surface area contributed by atoms with Crippen LogP contribution in [0.25, 0.3) is 90.3 Å². The Kier molecular flexibility index (Phi) is 10.3. The van der Waals surface area contributed by atoms with Crippen LogP contribution in [0.4, 0.5) is 0 Å². The molecule has 9 aromatic carbocycles. The topological polar surface area (TPSA) is 41.0 Å². The van der Waals surface area contributed by atoms with E-state index >= 15 is 0 Å². The van der Waals surface area contributed by atoms with E-state index in [2.05, 4.69) is 253 Å². The first-order valence-corrected chi connectivity index (χ1v) is 22.8. The smallest absolute Gasteiger partial charge is 0.160 e. The molecule has 1 N–H and O–H groups in total. The molecular formula is C63H44N4. The number of nitrogens with one attached hydrogen (secondary N) is 1. The lowest BCUT2D eigenvalue weighted by atomic mass is 9.85. The average Bonchev–Trinajstić information content (AvgIpc) is 3.83. The second kappa shape index (κ2) is 17.4. The van der Waals surface area contributed by atoms with Gasteiger partial charge < -0.3 is 0 Å².